The molecule has 2 atom stereocenters. The summed E-state index contributed by atoms with van der Waals surface area (Å²) in [5, 5.41) is 3.06. The number of nitrogens with zero attached hydrogens (tertiary/aromatic N) is 2. The van der Waals surface area contributed by atoms with Crippen molar-refractivity contribution in [1.82, 2.24) is 15.1 Å². The molecule has 27 heavy (non-hydrogen) atoms. The molecule has 0 spiro atoms. The second-order valence-corrected chi connectivity index (χ2v) is 8.56. The number of hydrogen-bond acceptors (Lipinski definition) is 4. The third kappa shape index (κ3) is 3.84. The highest BCUT2D eigenvalue weighted by Gasteiger charge is 2.56. The Labute approximate surface area is 161 Å². The number of likely N-dealkylation sites (tertiary alicyclic amines) is 2. The van der Waals surface area contributed by atoms with Crippen molar-refractivity contribution in [2.75, 3.05) is 33.4 Å². The molecule has 3 rings (SSSR count). The van der Waals surface area contributed by atoms with Gasteiger partial charge in [0, 0.05) is 51.2 Å². The lowest BCUT2D eigenvalue weighted by Gasteiger charge is -2.54. The van der Waals surface area contributed by atoms with Gasteiger partial charge in [-0.05, 0) is 39.5 Å². The predicted molar refractivity (Wildman–Crippen MR) is 101 cm³/mol. The molecule has 0 aromatic heterocycles. The zero-order chi connectivity index (χ0) is 19.6. The summed E-state index contributed by atoms with van der Waals surface area (Å²) in [6, 6.07) is -0.145. The van der Waals surface area contributed by atoms with Crippen molar-refractivity contribution in [2.24, 2.45) is 11.3 Å². The van der Waals surface area contributed by atoms with Crippen LogP contribution in [0.1, 0.15) is 52.4 Å². The summed E-state index contributed by atoms with van der Waals surface area (Å²) in [6.45, 7) is 5.87. The number of hydrogen-bond donors (Lipinski definition) is 1. The topological polar surface area (TPSA) is 79.0 Å². The number of methoxy groups -OCH3 is 1. The Morgan fingerprint density at radius 2 is 2.04 bits per heavy atom. The van der Waals surface area contributed by atoms with Crippen LogP contribution in [0.25, 0.3) is 0 Å². The second kappa shape index (κ2) is 8.17. The fourth-order valence-electron chi connectivity index (χ4n) is 4.74. The minimum atomic E-state index is -0.719. The summed E-state index contributed by atoms with van der Waals surface area (Å²) < 4.78 is 5.18. The summed E-state index contributed by atoms with van der Waals surface area (Å²) in [4.78, 5) is 42.5. The van der Waals surface area contributed by atoms with E-state index >= 15 is 0 Å². The van der Waals surface area contributed by atoms with Gasteiger partial charge in [-0.15, -0.1) is 0 Å². The molecule has 3 fully saturated rings. The lowest BCUT2D eigenvalue weighted by Crippen LogP contribution is -2.68. The molecule has 0 radical (unpaired) electrons. The lowest BCUT2D eigenvalue weighted by molar-refractivity contribution is -0.163. The van der Waals surface area contributed by atoms with Crippen LogP contribution in [-0.2, 0) is 19.1 Å². The van der Waals surface area contributed by atoms with Crippen molar-refractivity contribution < 1.29 is 19.1 Å². The van der Waals surface area contributed by atoms with Crippen LogP contribution in [0.2, 0.25) is 0 Å². The van der Waals surface area contributed by atoms with Gasteiger partial charge in [-0.3, -0.25) is 14.4 Å². The van der Waals surface area contributed by atoms with E-state index in [4.69, 9.17) is 4.74 Å². The quantitative estimate of drug-likeness (QED) is 0.751. The van der Waals surface area contributed by atoms with Gasteiger partial charge in [-0.1, -0.05) is 6.42 Å². The minimum Gasteiger partial charge on any atom is -0.383 e. The van der Waals surface area contributed by atoms with E-state index in [1.165, 1.54) is 0 Å². The Kier molecular flexibility index (Phi) is 6.08. The largest absolute Gasteiger partial charge is 0.383 e. The van der Waals surface area contributed by atoms with E-state index in [1.807, 2.05) is 23.6 Å². The molecule has 1 saturated carbocycles. The average Bonchev–Trinajstić information content (AvgIpc) is 2.58. The zero-order valence-corrected chi connectivity index (χ0v) is 16.8. The van der Waals surface area contributed by atoms with Crippen LogP contribution in [0, 0.1) is 11.3 Å². The van der Waals surface area contributed by atoms with Gasteiger partial charge in [0.25, 0.3) is 0 Å². The van der Waals surface area contributed by atoms with Gasteiger partial charge >= 0.3 is 0 Å². The first-order valence-electron chi connectivity index (χ1n) is 10.3. The normalized spacial score (nSPS) is 28.7. The van der Waals surface area contributed by atoms with E-state index in [2.05, 4.69) is 5.32 Å². The number of nitrogens with one attached hydrogen (secondary N) is 1. The first-order valence-corrected chi connectivity index (χ1v) is 10.3. The van der Waals surface area contributed by atoms with Crippen molar-refractivity contribution in [2.45, 2.75) is 64.5 Å². The molecule has 7 heteroatoms. The Morgan fingerprint density at radius 1 is 1.30 bits per heavy atom. The third-order valence-corrected chi connectivity index (χ3v) is 6.44. The Hall–Kier alpha value is -1.63. The molecular weight excluding hydrogens is 346 g/mol. The maximum atomic E-state index is 13.3. The Balaban J connectivity index is 1.86. The van der Waals surface area contributed by atoms with Crippen LogP contribution >= 0.6 is 0 Å². The van der Waals surface area contributed by atoms with E-state index in [-0.39, 0.29) is 35.7 Å². The maximum absolute atomic E-state index is 13.3. The first kappa shape index (κ1) is 20.1. The smallest absolute Gasteiger partial charge is 0.230 e. The highest BCUT2D eigenvalue weighted by atomic mass is 16.5. The molecule has 7 nitrogen and oxygen atoms in total. The van der Waals surface area contributed by atoms with Crippen LogP contribution in [0.15, 0.2) is 0 Å². The molecular formula is C20H33N3O4. The molecule has 1 N–H and O–H groups in total. The molecule has 0 aromatic rings. The van der Waals surface area contributed by atoms with Gasteiger partial charge in [0.1, 0.15) is 0 Å². The van der Waals surface area contributed by atoms with Crippen LogP contribution < -0.4 is 5.32 Å². The van der Waals surface area contributed by atoms with Crippen molar-refractivity contribution in [3.8, 4) is 0 Å². The molecule has 2 heterocycles. The molecule has 2 aliphatic heterocycles. The predicted octanol–water partition coefficient (Wildman–Crippen LogP) is 1.17. The number of carbonyl (C=O) groups is 3. The SMILES string of the molecule is COCCN1C(=O)CC[C@]2(C(=O)NC(C)C)CN(C(=O)C3CCC3)CC[C@@H]12. The van der Waals surface area contributed by atoms with Gasteiger partial charge in [0.05, 0.1) is 12.0 Å². The standard InChI is InChI=1S/C20H33N3O4/c1-14(2)21-19(26)20-9-7-17(24)23(11-12-27-3)16(20)8-10-22(13-20)18(25)15-5-4-6-15/h14-16H,4-13H2,1-3H3,(H,21,26)/t16-,20+/m1/s1. The Morgan fingerprint density at radius 3 is 2.63 bits per heavy atom. The summed E-state index contributed by atoms with van der Waals surface area (Å²) in [5.74, 6) is 0.380. The fourth-order valence-corrected chi connectivity index (χ4v) is 4.74. The number of fused-ring (bicyclic) bond motifs is 1. The van der Waals surface area contributed by atoms with Gasteiger partial charge in [0.2, 0.25) is 17.7 Å². The highest BCUT2D eigenvalue weighted by Crippen LogP contribution is 2.43. The number of carbonyl (C=O) groups excluding carboxylic acids is 3. The van der Waals surface area contributed by atoms with Crippen LogP contribution in [0.4, 0.5) is 0 Å². The summed E-state index contributed by atoms with van der Waals surface area (Å²) in [7, 11) is 1.62. The van der Waals surface area contributed by atoms with E-state index < -0.39 is 5.41 Å². The van der Waals surface area contributed by atoms with Crippen molar-refractivity contribution in [1.29, 1.82) is 0 Å². The molecule has 3 amide bonds. The highest BCUT2D eigenvalue weighted by molar-refractivity contribution is 5.89. The fraction of sp³-hybridized carbons (Fsp3) is 0.850. The van der Waals surface area contributed by atoms with Gasteiger partial charge in [-0.25, -0.2) is 0 Å². The second-order valence-electron chi connectivity index (χ2n) is 8.56. The van der Waals surface area contributed by atoms with E-state index in [0.717, 1.165) is 19.3 Å². The Bertz CT molecular complexity index is 590. The van der Waals surface area contributed by atoms with Gasteiger partial charge in [0.15, 0.2) is 0 Å². The number of amides is 3. The number of ether oxygens (including phenoxy) is 1. The maximum Gasteiger partial charge on any atom is 0.230 e. The molecule has 1 aliphatic carbocycles. The van der Waals surface area contributed by atoms with Gasteiger partial charge < -0.3 is 19.9 Å². The van der Waals surface area contributed by atoms with Crippen LogP contribution in [-0.4, -0.2) is 73.0 Å². The van der Waals surface area contributed by atoms with Gasteiger partial charge in [-0.2, -0.15) is 0 Å². The first-order chi connectivity index (χ1) is 12.9. The molecule has 2 saturated heterocycles. The van der Waals surface area contributed by atoms with Crippen LogP contribution in [0.3, 0.4) is 0 Å². The summed E-state index contributed by atoms with van der Waals surface area (Å²) >= 11 is 0. The van der Waals surface area contributed by atoms with Crippen molar-refractivity contribution in [3.63, 3.8) is 0 Å². The lowest BCUT2D eigenvalue weighted by atomic mass is 9.67. The molecule has 0 bridgehead atoms. The molecule has 0 aromatic carbocycles. The summed E-state index contributed by atoms with van der Waals surface area (Å²) in [5.41, 5.74) is -0.719. The molecule has 152 valence electrons. The van der Waals surface area contributed by atoms with E-state index in [1.54, 1.807) is 7.11 Å². The molecule has 0 unspecified atom stereocenters. The van der Waals surface area contributed by atoms with Crippen molar-refractivity contribution >= 4 is 17.7 Å². The van der Waals surface area contributed by atoms with E-state index in [9.17, 15) is 14.4 Å². The van der Waals surface area contributed by atoms with Crippen LogP contribution in [0.5, 0.6) is 0 Å². The monoisotopic (exact) mass is 379 g/mol. The molecule has 3 aliphatic rings. The van der Waals surface area contributed by atoms with Crippen molar-refractivity contribution in [3.05, 3.63) is 0 Å². The zero-order valence-electron chi connectivity index (χ0n) is 16.8. The summed E-state index contributed by atoms with van der Waals surface area (Å²) in [6.07, 6.45) is 4.54. The third-order valence-electron chi connectivity index (χ3n) is 6.44. The number of piperidine rings is 2. The van der Waals surface area contributed by atoms with E-state index in [0.29, 0.717) is 45.5 Å². The average molecular weight is 380 g/mol. The minimum absolute atomic E-state index is 0.0234. The number of rotatable bonds is 6.